The molecule has 1 aromatic heterocycles. The number of hydrogen-bond donors (Lipinski definition) is 1. The molecule has 0 spiro atoms. The van der Waals surface area contributed by atoms with Gasteiger partial charge in [0.25, 0.3) is 5.91 Å². The van der Waals surface area contributed by atoms with E-state index < -0.39 is 23.3 Å². The van der Waals surface area contributed by atoms with Gasteiger partial charge < -0.3 is 15.2 Å². The van der Waals surface area contributed by atoms with Crippen molar-refractivity contribution in [2.45, 2.75) is 22.9 Å². The first-order valence-corrected chi connectivity index (χ1v) is 12.0. The fourth-order valence-corrected chi connectivity index (χ4v) is 5.56. The van der Waals surface area contributed by atoms with Gasteiger partial charge in [-0.15, -0.1) is 23.5 Å². The molecule has 9 heteroatoms. The molecule has 1 fully saturated rings. The highest BCUT2D eigenvalue weighted by Crippen LogP contribution is 2.40. The van der Waals surface area contributed by atoms with Crippen LogP contribution in [0.3, 0.4) is 0 Å². The summed E-state index contributed by atoms with van der Waals surface area (Å²) in [5.41, 5.74) is 0.415. The predicted molar refractivity (Wildman–Crippen MR) is 120 cm³/mol. The molecule has 32 heavy (non-hydrogen) atoms. The smallest absolute Gasteiger partial charge is 0.253 e. The van der Waals surface area contributed by atoms with Gasteiger partial charge in [-0.1, -0.05) is 30.3 Å². The van der Waals surface area contributed by atoms with Crippen LogP contribution in [0.5, 0.6) is 0 Å². The number of rotatable bonds is 8. The minimum absolute atomic E-state index is 0.114. The van der Waals surface area contributed by atoms with Gasteiger partial charge in [0, 0.05) is 22.8 Å². The lowest BCUT2D eigenvalue weighted by molar-refractivity contribution is -0.687. The predicted octanol–water partition coefficient (Wildman–Crippen LogP) is 0.727. The second-order valence-corrected chi connectivity index (χ2v) is 9.35. The summed E-state index contributed by atoms with van der Waals surface area (Å²) in [6.45, 7) is 0.574. The highest BCUT2D eigenvalue weighted by molar-refractivity contribution is 8.00. The Morgan fingerprint density at radius 2 is 1.91 bits per heavy atom. The number of carboxylic acid groups (broad SMARTS) is 1. The summed E-state index contributed by atoms with van der Waals surface area (Å²) < 4.78 is 1.95. The molecule has 0 saturated carbocycles. The normalized spacial score (nSPS) is 20.1. The molecule has 0 aliphatic carbocycles. The van der Waals surface area contributed by atoms with Gasteiger partial charge in [0.15, 0.2) is 18.9 Å². The van der Waals surface area contributed by atoms with E-state index in [1.54, 1.807) is 6.08 Å². The number of β-lactam (4-membered cyclic amide) rings is 1. The fourth-order valence-electron chi connectivity index (χ4n) is 3.51. The topological polar surface area (TPSA) is 93.4 Å². The molecular formula is C23H21N3O4S2. The van der Waals surface area contributed by atoms with Crippen LogP contribution in [0.4, 0.5) is 0 Å². The first-order chi connectivity index (χ1) is 15.5. The molecule has 2 aromatic rings. The van der Waals surface area contributed by atoms with Crippen LogP contribution in [0.15, 0.2) is 89.2 Å². The molecule has 3 heterocycles. The van der Waals surface area contributed by atoms with Crippen LogP contribution in [-0.4, -0.2) is 45.6 Å². The number of fused-ring (bicyclic) bond motifs is 1. The second-order valence-electron chi connectivity index (χ2n) is 7.19. The largest absolute Gasteiger partial charge is 0.543 e. The molecule has 164 valence electrons. The number of amides is 2. The Bertz CT molecular complexity index is 1070. The van der Waals surface area contributed by atoms with Gasteiger partial charge in [0.1, 0.15) is 11.4 Å². The number of hydrogen-bond acceptors (Lipinski definition) is 6. The van der Waals surface area contributed by atoms with E-state index >= 15 is 0 Å². The van der Waals surface area contributed by atoms with E-state index in [1.807, 2.05) is 71.6 Å². The van der Waals surface area contributed by atoms with Crippen LogP contribution in [-0.2, 0) is 20.9 Å². The molecule has 2 aliphatic heterocycles. The van der Waals surface area contributed by atoms with Crippen LogP contribution in [0, 0.1) is 0 Å². The number of thioether (sulfide) groups is 2. The summed E-state index contributed by atoms with van der Waals surface area (Å²) in [6, 6.07) is 14.5. The first-order valence-electron chi connectivity index (χ1n) is 10.0. The molecule has 4 rings (SSSR count). The highest BCUT2D eigenvalue weighted by Gasteiger charge is 2.52. The summed E-state index contributed by atoms with van der Waals surface area (Å²) in [7, 11) is 0. The number of aliphatic carboxylic acids is 1. The lowest BCUT2D eigenvalue weighted by Gasteiger charge is -2.50. The van der Waals surface area contributed by atoms with Crippen molar-refractivity contribution in [3.05, 3.63) is 84.3 Å². The molecule has 2 aliphatic rings. The zero-order valence-corrected chi connectivity index (χ0v) is 18.7. The van der Waals surface area contributed by atoms with Crippen LogP contribution in [0.1, 0.15) is 0 Å². The molecule has 1 saturated heterocycles. The lowest BCUT2D eigenvalue weighted by Crippen LogP contribution is -2.71. The van der Waals surface area contributed by atoms with E-state index in [0.717, 1.165) is 4.90 Å². The van der Waals surface area contributed by atoms with Crippen molar-refractivity contribution in [3.63, 3.8) is 0 Å². The monoisotopic (exact) mass is 467 g/mol. The standard InChI is InChI=1S/C23H21N3O4S2/c27-18(15-31-17-9-3-1-4-10-17)24-19-21(28)26-20(23(29)30)16(14-32-22(19)26)8-7-13-25-11-5-2-6-12-25/h1-12,19,22H,13-15H2,(H-,24,27,29,30)/b8-7+/t19-,22-/m1/s1. The van der Waals surface area contributed by atoms with Crippen molar-refractivity contribution >= 4 is 41.3 Å². The first kappa shape index (κ1) is 22.2. The maximum atomic E-state index is 12.7. The molecule has 0 unspecified atom stereocenters. The van der Waals surface area contributed by atoms with Crippen molar-refractivity contribution in [1.82, 2.24) is 10.2 Å². The van der Waals surface area contributed by atoms with E-state index in [0.29, 0.717) is 17.9 Å². The number of carboxylic acids is 1. The third-order valence-electron chi connectivity index (χ3n) is 5.03. The summed E-state index contributed by atoms with van der Waals surface area (Å²) in [4.78, 5) is 39.0. The van der Waals surface area contributed by atoms with Gasteiger partial charge in [0.05, 0.1) is 17.4 Å². The number of nitrogens with one attached hydrogen (secondary N) is 1. The van der Waals surface area contributed by atoms with Gasteiger partial charge in [-0.2, -0.15) is 0 Å². The van der Waals surface area contributed by atoms with E-state index in [4.69, 9.17) is 0 Å². The Morgan fingerprint density at radius 1 is 1.19 bits per heavy atom. The maximum absolute atomic E-state index is 12.7. The molecule has 1 aromatic carbocycles. The summed E-state index contributed by atoms with van der Waals surface area (Å²) in [5.74, 6) is -1.48. The number of pyridine rings is 1. The number of carbonyl (C=O) groups excluding carboxylic acids is 3. The third kappa shape index (κ3) is 4.89. The molecular weight excluding hydrogens is 446 g/mol. The zero-order valence-electron chi connectivity index (χ0n) is 17.0. The van der Waals surface area contributed by atoms with E-state index in [9.17, 15) is 19.5 Å². The fraction of sp³-hybridized carbons (Fsp3) is 0.217. The number of nitrogens with zero attached hydrogens (tertiary/aromatic N) is 2. The van der Waals surface area contributed by atoms with E-state index in [-0.39, 0.29) is 17.4 Å². The summed E-state index contributed by atoms with van der Waals surface area (Å²) in [6.07, 6.45) is 7.40. The SMILES string of the molecule is O=C(CSc1ccccc1)N[C@@H]1C(=O)N2C(C(=O)[O-])=C(/C=C/C[n+]3ccccc3)CS[C@H]12. The quantitative estimate of drug-likeness (QED) is 0.350. The maximum Gasteiger partial charge on any atom is 0.253 e. The van der Waals surface area contributed by atoms with Crippen molar-refractivity contribution in [2.75, 3.05) is 11.5 Å². The van der Waals surface area contributed by atoms with Gasteiger partial charge in [-0.3, -0.25) is 14.5 Å². The molecule has 2 amide bonds. The molecule has 0 bridgehead atoms. The highest BCUT2D eigenvalue weighted by atomic mass is 32.2. The molecule has 2 atom stereocenters. The molecule has 1 N–H and O–H groups in total. The summed E-state index contributed by atoms with van der Waals surface area (Å²) in [5, 5.41) is 14.1. The van der Waals surface area contributed by atoms with E-state index in [1.165, 1.54) is 28.4 Å². The van der Waals surface area contributed by atoms with Crippen LogP contribution in [0.25, 0.3) is 0 Å². The van der Waals surface area contributed by atoms with Gasteiger partial charge >= 0.3 is 0 Å². The molecule has 7 nitrogen and oxygen atoms in total. The molecule has 0 radical (unpaired) electrons. The van der Waals surface area contributed by atoms with Gasteiger partial charge in [0.2, 0.25) is 5.91 Å². The van der Waals surface area contributed by atoms with Gasteiger partial charge in [-0.05, 0) is 23.8 Å². The zero-order chi connectivity index (χ0) is 22.5. The minimum Gasteiger partial charge on any atom is -0.543 e. The number of carbonyl (C=O) groups is 3. The number of benzene rings is 1. The average molecular weight is 468 g/mol. The Balaban J connectivity index is 1.39. The Hall–Kier alpha value is -3.04. The van der Waals surface area contributed by atoms with E-state index in [2.05, 4.69) is 5.32 Å². The average Bonchev–Trinajstić information content (AvgIpc) is 2.82. The Morgan fingerprint density at radius 3 is 2.62 bits per heavy atom. The number of allylic oxidation sites excluding steroid dienone is 2. The summed E-state index contributed by atoms with van der Waals surface area (Å²) >= 11 is 2.81. The third-order valence-corrected chi connectivity index (χ3v) is 7.35. The van der Waals surface area contributed by atoms with Crippen molar-refractivity contribution in [1.29, 1.82) is 0 Å². The van der Waals surface area contributed by atoms with Gasteiger partial charge in [-0.25, -0.2) is 4.57 Å². The Kier molecular flexibility index (Phi) is 6.96. The van der Waals surface area contributed by atoms with Crippen LogP contribution < -0.4 is 15.0 Å². The Labute approximate surface area is 194 Å². The lowest BCUT2D eigenvalue weighted by atomic mass is 10.0. The van der Waals surface area contributed by atoms with Crippen molar-refractivity contribution in [3.8, 4) is 0 Å². The van der Waals surface area contributed by atoms with Crippen molar-refractivity contribution in [2.24, 2.45) is 0 Å². The van der Waals surface area contributed by atoms with Crippen molar-refractivity contribution < 1.29 is 24.1 Å². The second kappa shape index (κ2) is 10.1. The van der Waals surface area contributed by atoms with Crippen LogP contribution in [0.2, 0.25) is 0 Å². The minimum atomic E-state index is -1.39. The number of aromatic nitrogens is 1. The van der Waals surface area contributed by atoms with Crippen LogP contribution >= 0.6 is 23.5 Å².